The molecule has 3 aromatic rings. The van der Waals surface area contributed by atoms with Crippen LogP contribution in [0.25, 0.3) is 11.1 Å². The van der Waals surface area contributed by atoms with Gasteiger partial charge in [0.25, 0.3) is 0 Å². The summed E-state index contributed by atoms with van der Waals surface area (Å²) in [6.07, 6.45) is -3.36. The molecule has 43 heavy (non-hydrogen) atoms. The highest BCUT2D eigenvalue weighted by atomic mass is 32.2. The van der Waals surface area contributed by atoms with E-state index in [1.807, 2.05) is 26.0 Å². The molecule has 3 N–H and O–H groups in total. The Kier molecular flexibility index (Phi) is 9.36. The summed E-state index contributed by atoms with van der Waals surface area (Å²) in [5, 5.41) is 23.2. The second-order valence-electron chi connectivity index (χ2n) is 11.7. The number of nitrogens with zero attached hydrogens (tertiary/aromatic N) is 1. The standard InChI is InChI=1S/C31H34F4N2O5S/c1-30(2,16-19-10-20-6-4-5-7-21(20)11-19)36-17-25(38)18-37(3)43(41,42)26-13-23(12-24(15-26)31(33,34)35)22-8-9-28(32)27(14-22)29(39)40/h4-9,12-15,19,25,36,38H,10-11,16-18H2,1-3H3,(H,39,40)/t25-/m1/s1. The van der Waals surface area contributed by atoms with Gasteiger partial charge in [0.05, 0.1) is 22.1 Å². The van der Waals surface area contributed by atoms with Crippen molar-refractivity contribution in [1.82, 2.24) is 9.62 Å². The van der Waals surface area contributed by atoms with Gasteiger partial charge in [0.1, 0.15) is 5.82 Å². The van der Waals surface area contributed by atoms with Crippen molar-refractivity contribution in [2.24, 2.45) is 5.92 Å². The number of rotatable bonds is 11. The Bertz CT molecular complexity index is 1580. The Balaban J connectivity index is 1.47. The Morgan fingerprint density at radius 3 is 2.23 bits per heavy atom. The van der Waals surface area contributed by atoms with Crippen LogP contribution in [0.5, 0.6) is 0 Å². The number of carboxylic acid groups (broad SMARTS) is 1. The number of alkyl halides is 3. The van der Waals surface area contributed by atoms with Crippen LogP contribution in [0, 0.1) is 11.7 Å². The predicted octanol–water partition coefficient (Wildman–Crippen LogP) is 5.36. The van der Waals surface area contributed by atoms with Crippen molar-refractivity contribution in [2.75, 3.05) is 20.1 Å². The number of nitrogens with one attached hydrogen (secondary N) is 1. The molecule has 0 radical (unpaired) electrons. The molecule has 0 aromatic heterocycles. The molecule has 0 bridgehead atoms. The number of fused-ring (bicyclic) bond motifs is 1. The van der Waals surface area contributed by atoms with Gasteiger partial charge >= 0.3 is 12.1 Å². The molecule has 12 heteroatoms. The smallest absolute Gasteiger partial charge is 0.416 e. The van der Waals surface area contributed by atoms with E-state index in [2.05, 4.69) is 17.4 Å². The number of hydrogen-bond acceptors (Lipinski definition) is 5. The van der Waals surface area contributed by atoms with Crippen molar-refractivity contribution in [3.8, 4) is 11.1 Å². The molecular formula is C31H34F4N2O5S. The molecule has 232 valence electrons. The molecule has 3 aromatic carbocycles. The largest absolute Gasteiger partial charge is 0.478 e. The highest BCUT2D eigenvalue weighted by molar-refractivity contribution is 7.89. The maximum Gasteiger partial charge on any atom is 0.416 e. The fourth-order valence-corrected chi connectivity index (χ4v) is 6.85. The third-order valence-corrected chi connectivity index (χ3v) is 9.49. The molecule has 0 unspecified atom stereocenters. The zero-order valence-corrected chi connectivity index (χ0v) is 24.8. The molecule has 4 rings (SSSR count). The molecule has 0 heterocycles. The molecule has 0 fully saturated rings. The van der Waals surface area contributed by atoms with Crippen LogP contribution < -0.4 is 5.32 Å². The van der Waals surface area contributed by atoms with Gasteiger partial charge in [-0.15, -0.1) is 0 Å². The molecule has 1 aliphatic carbocycles. The lowest BCUT2D eigenvalue weighted by atomic mass is 9.88. The quantitative estimate of drug-likeness (QED) is 0.249. The SMILES string of the molecule is CN(C[C@H](O)CNC(C)(C)CC1Cc2ccccc2C1)S(=O)(=O)c1cc(-c2ccc(F)c(C(=O)O)c2)cc(C(F)(F)F)c1. The molecule has 1 atom stereocenters. The van der Waals surface area contributed by atoms with Crippen molar-refractivity contribution in [1.29, 1.82) is 0 Å². The van der Waals surface area contributed by atoms with Crippen LogP contribution in [0.2, 0.25) is 0 Å². The minimum Gasteiger partial charge on any atom is -0.478 e. The van der Waals surface area contributed by atoms with Gasteiger partial charge in [-0.25, -0.2) is 17.6 Å². The number of likely N-dealkylation sites (N-methyl/N-ethyl adjacent to an activating group) is 1. The van der Waals surface area contributed by atoms with Crippen LogP contribution in [0.15, 0.2) is 65.6 Å². The number of aliphatic hydroxyl groups is 1. The van der Waals surface area contributed by atoms with Gasteiger partial charge in [-0.1, -0.05) is 30.3 Å². The highest BCUT2D eigenvalue weighted by Crippen LogP contribution is 2.36. The monoisotopic (exact) mass is 622 g/mol. The fourth-order valence-electron chi connectivity index (χ4n) is 5.57. The van der Waals surface area contributed by atoms with E-state index in [1.54, 1.807) is 0 Å². The average Bonchev–Trinajstić information content (AvgIpc) is 3.33. The first kappa shape index (κ1) is 32.6. The summed E-state index contributed by atoms with van der Waals surface area (Å²) in [7, 11) is -3.38. The Labute approximate surface area is 248 Å². The van der Waals surface area contributed by atoms with E-state index in [4.69, 9.17) is 0 Å². The Hall–Kier alpha value is -3.32. The van der Waals surface area contributed by atoms with E-state index in [-0.39, 0.29) is 23.2 Å². The second kappa shape index (κ2) is 12.4. The average molecular weight is 623 g/mol. The van der Waals surface area contributed by atoms with E-state index in [9.17, 15) is 41.0 Å². The summed E-state index contributed by atoms with van der Waals surface area (Å²) in [4.78, 5) is 10.6. The van der Waals surface area contributed by atoms with Gasteiger partial charge in [-0.3, -0.25) is 0 Å². The van der Waals surface area contributed by atoms with Crippen molar-refractivity contribution >= 4 is 16.0 Å². The van der Waals surface area contributed by atoms with Gasteiger partial charge in [0.15, 0.2) is 0 Å². The van der Waals surface area contributed by atoms with Crippen molar-refractivity contribution in [2.45, 2.75) is 55.8 Å². The minimum absolute atomic E-state index is 0.0495. The predicted molar refractivity (Wildman–Crippen MR) is 154 cm³/mol. The topological polar surface area (TPSA) is 107 Å². The number of carboxylic acids is 1. The molecule has 0 saturated carbocycles. The number of aliphatic hydroxyl groups excluding tert-OH is 1. The number of halogens is 4. The van der Waals surface area contributed by atoms with Gasteiger partial charge in [-0.05, 0) is 91.6 Å². The van der Waals surface area contributed by atoms with E-state index in [0.29, 0.717) is 18.1 Å². The summed E-state index contributed by atoms with van der Waals surface area (Å²) >= 11 is 0. The normalized spacial score (nSPS) is 15.1. The van der Waals surface area contributed by atoms with E-state index >= 15 is 0 Å². The maximum absolute atomic E-state index is 13.9. The summed E-state index contributed by atoms with van der Waals surface area (Å²) in [5.74, 6) is -2.30. The summed E-state index contributed by atoms with van der Waals surface area (Å²) in [5.41, 5.74) is -0.137. The molecule has 1 aliphatic rings. The number of benzene rings is 3. The van der Waals surface area contributed by atoms with Crippen molar-refractivity contribution in [3.63, 3.8) is 0 Å². The fraction of sp³-hybridized carbons (Fsp3) is 0.387. The number of sulfonamides is 1. The first-order valence-corrected chi connectivity index (χ1v) is 15.1. The maximum atomic E-state index is 13.9. The van der Waals surface area contributed by atoms with Crippen LogP contribution >= 0.6 is 0 Å². The third kappa shape index (κ3) is 7.80. The first-order valence-electron chi connectivity index (χ1n) is 13.7. The molecule has 0 amide bonds. The van der Waals surface area contributed by atoms with Crippen LogP contribution in [-0.2, 0) is 29.0 Å². The molecule has 7 nitrogen and oxygen atoms in total. The van der Waals surface area contributed by atoms with Gasteiger partial charge in [0.2, 0.25) is 10.0 Å². The van der Waals surface area contributed by atoms with E-state index in [1.165, 1.54) is 11.1 Å². The lowest BCUT2D eigenvalue weighted by Crippen LogP contribution is -2.47. The first-order chi connectivity index (χ1) is 20.0. The second-order valence-corrected chi connectivity index (χ2v) is 13.7. The molecule has 0 spiro atoms. The summed E-state index contributed by atoms with van der Waals surface area (Å²) in [6, 6.07) is 13.1. The number of carbonyl (C=O) groups is 1. The van der Waals surface area contributed by atoms with E-state index < -0.39 is 56.7 Å². The summed E-state index contributed by atoms with van der Waals surface area (Å²) in [6.45, 7) is 3.65. The van der Waals surface area contributed by atoms with Crippen LogP contribution in [-0.4, -0.2) is 60.7 Å². The number of hydrogen-bond donors (Lipinski definition) is 3. The zero-order valence-electron chi connectivity index (χ0n) is 24.0. The Morgan fingerprint density at radius 2 is 1.65 bits per heavy atom. The van der Waals surface area contributed by atoms with Gasteiger partial charge < -0.3 is 15.5 Å². The van der Waals surface area contributed by atoms with Gasteiger partial charge in [0, 0.05) is 25.7 Å². The van der Waals surface area contributed by atoms with Crippen molar-refractivity contribution in [3.05, 3.63) is 88.7 Å². The van der Waals surface area contributed by atoms with E-state index in [0.717, 1.165) is 54.9 Å². The summed E-state index contributed by atoms with van der Waals surface area (Å²) < 4.78 is 82.7. The molecule has 0 aliphatic heterocycles. The minimum atomic E-state index is -4.93. The molecular weight excluding hydrogens is 588 g/mol. The van der Waals surface area contributed by atoms with Gasteiger partial charge in [-0.2, -0.15) is 17.5 Å². The highest BCUT2D eigenvalue weighted by Gasteiger charge is 2.34. The van der Waals surface area contributed by atoms with Crippen LogP contribution in [0.1, 0.15) is 47.3 Å². The molecule has 0 saturated heterocycles. The zero-order chi connectivity index (χ0) is 31.7. The lowest BCUT2D eigenvalue weighted by molar-refractivity contribution is -0.137. The number of β-amino-alcohol motifs (C(OH)–C–C–N with tert-alkyl or cyclic N) is 1. The number of aromatic carboxylic acids is 1. The van der Waals surface area contributed by atoms with Crippen LogP contribution in [0.4, 0.5) is 17.6 Å². The Morgan fingerprint density at radius 1 is 1.02 bits per heavy atom. The van der Waals surface area contributed by atoms with Crippen molar-refractivity contribution < 1.29 is 41.0 Å². The van der Waals surface area contributed by atoms with Crippen LogP contribution in [0.3, 0.4) is 0 Å². The third-order valence-electron chi connectivity index (χ3n) is 7.69. The lowest BCUT2D eigenvalue weighted by Gasteiger charge is -2.31.